The van der Waals surface area contributed by atoms with Gasteiger partial charge in [-0.2, -0.15) is 0 Å². The molecule has 2 aromatic rings. The van der Waals surface area contributed by atoms with Crippen LogP contribution in [0.1, 0.15) is 29.8 Å². The molecular formula is C14H19N3. The number of nitrogens with one attached hydrogen (secondary N) is 1. The standard InChI is InChI=1S/C14H19N3/c1-4-15-14(13-9-17(3)10-16-13)12-7-5-11(2)6-8-12/h5-10,14-15H,4H2,1-3H3. The van der Waals surface area contributed by atoms with E-state index in [2.05, 4.69) is 54.6 Å². The summed E-state index contributed by atoms with van der Waals surface area (Å²) < 4.78 is 1.98. The number of aromatic nitrogens is 2. The Labute approximate surface area is 103 Å². The van der Waals surface area contributed by atoms with Crippen LogP contribution in [0.25, 0.3) is 0 Å². The molecule has 0 aliphatic heterocycles. The van der Waals surface area contributed by atoms with E-state index in [1.165, 1.54) is 11.1 Å². The minimum absolute atomic E-state index is 0.182. The zero-order chi connectivity index (χ0) is 12.3. The Kier molecular flexibility index (Phi) is 3.59. The number of hydrogen-bond acceptors (Lipinski definition) is 2. The van der Waals surface area contributed by atoms with Gasteiger partial charge < -0.3 is 9.88 Å². The number of nitrogens with zero attached hydrogens (tertiary/aromatic N) is 2. The Hall–Kier alpha value is -1.61. The van der Waals surface area contributed by atoms with Crippen molar-refractivity contribution in [3.05, 3.63) is 53.6 Å². The Morgan fingerprint density at radius 1 is 1.29 bits per heavy atom. The summed E-state index contributed by atoms with van der Waals surface area (Å²) in [6.45, 7) is 5.14. The average Bonchev–Trinajstić information content (AvgIpc) is 2.74. The van der Waals surface area contributed by atoms with Crippen molar-refractivity contribution in [3.63, 3.8) is 0 Å². The van der Waals surface area contributed by atoms with Crippen molar-refractivity contribution in [2.75, 3.05) is 6.54 Å². The molecule has 3 heteroatoms. The lowest BCUT2D eigenvalue weighted by Crippen LogP contribution is -2.22. The summed E-state index contributed by atoms with van der Waals surface area (Å²) in [7, 11) is 1.99. The Balaban J connectivity index is 2.31. The van der Waals surface area contributed by atoms with Crippen molar-refractivity contribution in [2.45, 2.75) is 19.9 Å². The van der Waals surface area contributed by atoms with Gasteiger partial charge in [0.2, 0.25) is 0 Å². The highest BCUT2D eigenvalue weighted by Crippen LogP contribution is 2.20. The highest BCUT2D eigenvalue weighted by atomic mass is 15.0. The number of rotatable bonds is 4. The molecule has 1 heterocycles. The number of benzene rings is 1. The lowest BCUT2D eigenvalue weighted by molar-refractivity contribution is 0.617. The molecule has 1 N–H and O–H groups in total. The maximum absolute atomic E-state index is 4.43. The quantitative estimate of drug-likeness (QED) is 0.872. The molecule has 1 aromatic heterocycles. The predicted octanol–water partition coefficient (Wildman–Crippen LogP) is 2.43. The largest absolute Gasteiger partial charge is 0.340 e. The maximum Gasteiger partial charge on any atom is 0.0947 e. The molecule has 0 aliphatic rings. The molecule has 0 bridgehead atoms. The van der Waals surface area contributed by atoms with Gasteiger partial charge in [0.05, 0.1) is 18.1 Å². The molecule has 0 fully saturated rings. The molecular weight excluding hydrogens is 210 g/mol. The van der Waals surface area contributed by atoms with Gasteiger partial charge in [-0.1, -0.05) is 36.8 Å². The first kappa shape index (κ1) is 11.9. The van der Waals surface area contributed by atoms with E-state index in [9.17, 15) is 0 Å². The van der Waals surface area contributed by atoms with Crippen molar-refractivity contribution in [2.24, 2.45) is 7.05 Å². The van der Waals surface area contributed by atoms with Gasteiger partial charge in [0.1, 0.15) is 0 Å². The Morgan fingerprint density at radius 2 is 2.00 bits per heavy atom. The van der Waals surface area contributed by atoms with E-state index >= 15 is 0 Å². The lowest BCUT2D eigenvalue weighted by atomic mass is 10.0. The molecule has 17 heavy (non-hydrogen) atoms. The second-order valence-corrected chi connectivity index (χ2v) is 4.37. The number of aryl methyl sites for hydroxylation is 2. The first-order chi connectivity index (χ1) is 8.20. The van der Waals surface area contributed by atoms with Gasteiger partial charge >= 0.3 is 0 Å². The van der Waals surface area contributed by atoms with Crippen LogP contribution in [0.15, 0.2) is 36.8 Å². The molecule has 1 aromatic carbocycles. The first-order valence-corrected chi connectivity index (χ1v) is 5.98. The van der Waals surface area contributed by atoms with E-state index in [4.69, 9.17) is 0 Å². The van der Waals surface area contributed by atoms with Crippen LogP contribution < -0.4 is 5.32 Å². The van der Waals surface area contributed by atoms with Gasteiger partial charge in [0.15, 0.2) is 0 Å². The number of hydrogen-bond donors (Lipinski definition) is 1. The second-order valence-electron chi connectivity index (χ2n) is 4.37. The zero-order valence-electron chi connectivity index (χ0n) is 10.6. The fraction of sp³-hybridized carbons (Fsp3) is 0.357. The van der Waals surface area contributed by atoms with E-state index in [-0.39, 0.29) is 6.04 Å². The summed E-state index contributed by atoms with van der Waals surface area (Å²) in [6, 6.07) is 8.79. The number of imidazole rings is 1. The van der Waals surface area contributed by atoms with Crippen molar-refractivity contribution in [1.82, 2.24) is 14.9 Å². The van der Waals surface area contributed by atoms with Crippen LogP contribution in [0.5, 0.6) is 0 Å². The molecule has 0 radical (unpaired) electrons. The molecule has 0 aliphatic carbocycles. The summed E-state index contributed by atoms with van der Waals surface area (Å²) in [5.74, 6) is 0. The highest BCUT2D eigenvalue weighted by Gasteiger charge is 2.14. The van der Waals surface area contributed by atoms with E-state index in [1.54, 1.807) is 0 Å². The van der Waals surface area contributed by atoms with E-state index in [0.717, 1.165) is 12.2 Å². The summed E-state index contributed by atoms with van der Waals surface area (Å²) in [5.41, 5.74) is 3.61. The first-order valence-electron chi connectivity index (χ1n) is 5.98. The third-order valence-electron chi connectivity index (χ3n) is 2.84. The van der Waals surface area contributed by atoms with Gasteiger partial charge in [0, 0.05) is 13.2 Å². The molecule has 90 valence electrons. The molecule has 0 saturated carbocycles. The molecule has 0 spiro atoms. The monoisotopic (exact) mass is 229 g/mol. The summed E-state index contributed by atoms with van der Waals surface area (Å²) >= 11 is 0. The Morgan fingerprint density at radius 3 is 2.53 bits per heavy atom. The predicted molar refractivity (Wildman–Crippen MR) is 69.9 cm³/mol. The van der Waals surface area contributed by atoms with Crippen molar-refractivity contribution < 1.29 is 0 Å². The average molecular weight is 229 g/mol. The zero-order valence-corrected chi connectivity index (χ0v) is 10.6. The maximum atomic E-state index is 4.43. The van der Waals surface area contributed by atoms with Crippen molar-refractivity contribution in [1.29, 1.82) is 0 Å². The summed E-state index contributed by atoms with van der Waals surface area (Å²) in [6.07, 6.45) is 3.90. The van der Waals surface area contributed by atoms with Gasteiger partial charge in [-0.15, -0.1) is 0 Å². The van der Waals surface area contributed by atoms with Gasteiger partial charge in [-0.25, -0.2) is 4.98 Å². The van der Waals surface area contributed by atoms with Crippen molar-refractivity contribution >= 4 is 0 Å². The minimum Gasteiger partial charge on any atom is -0.340 e. The molecule has 1 atom stereocenters. The van der Waals surface area contributed by atoms with Crippen LogP contribution >= 0.6 is 0 Å². The third kappa shape index (κ3) is 2.74. The van der Waals surface area contributed by atoms with Crippen LogP contribution in [0.3, 0.4) is 0 Å². The van der Waals surface area contributed by atoms with Gasteiger partial charge in [-0.3, -0.25) is 0 Å². The SMILES string of the molecule is CCNC(c1ccc(C)cc1)c1cn(C)cn1. The lowest BCUT2D eigenvalue weighted by Gasteiger charge is -2.16. The third-order valence-corrected chi connectivity index (χ3v) is 2.84. The fourth-order valence-corrected chi connectivity index (χ4v) is 1.94. The molecule has 0 amide bonds. The second kappa shape index (κ2) is 5.15. The van der Waals surface area contributed by atoms with Crippen LogP contribution in [0.4, 0.5) is 0 Å². The van der Waals surface area contributed by atoms with E-state index < -0.39 is 0 Å². The van der Waals surface area contributed by atoms with E-state index in [0.29, 0.717) is 0 Å². The summed E-state index contributed by atoms with van der Waals surface area (Å²) in [5, 5.41) is 3.47. The highest BCUT2D eigenvalue weighted by molar-refractivity contribution is 5.29. The Bertz CT molecular complexity index is 470. The molecule has 0 saturated heterocycles. The van der Waals surface area contributed by atoms with Crippen molar-refractivity contribution in [3.8, 4) is 0 Å². The molecule has 2 rings (SSSR count). The van der Waals surface area contributed by atoms with Crippen LogP contribution in [0.2, 0.25) is 0 Å². The fourth-order valence-electron chi connectivity index (χ4n) is 1.94. The van der Waals surface area contributed by atoms with Crippen LogP contribution in [-0.2, 0) is 7.05 Å². The normalized spacial score (nSPS) is 12.6. The minimum atomic E-state index is 0.182. The molecule has 1 unspecified atom stereocenters. The van der Waals surface area contributed by atoms with Crippen LogP contribution in [-0.4, -0.2) is 16.1 Å². The topological polar surface area (TPSA) is 29.9 Å². The van der Waals surface area contributed by atoms with E-state index in [1.807, 2.05) is 17.9 Å². The summed E-state index contributed by atoms with van der Waals surface area (Å²) in [4.78, 5) is 4.43. The smallest absolute Gasteiger partial charge is 0.0947 e. The van der Waals surface area contributed by atoms with Gasteiger partial charge in [0.25, 0.3) is 0 Å². The molecule has 3 nitrogen and oxygen atoms in total. The van der Waals surface area contributed by atoms with Gasteiger partial charge in [-0.05, 0) is 19.0 Å². The van der Waals surface area contributed by atoms with Crippen LogP contribution in [0, 0.1) is 6.92 Å².